The van der Waals surface area contributed by atoms with Crippen LogP contribution in [0, 0.1) is 12.7 Å². The number of fused-ring (bicyclic) bond motifs is 1. The van der Waals surface area contributed by atoms with Gasteiger partial charge in [-0.1, -0.05) is 38.8 Å². The lowest BCUT2D eigenvalue weighted by atomic mass is 10.0. The van der Waals surface area contributed by atoms with E-state index >= 15 is 0 Å². The third kappa shape index (κ3) is 5.25. The van der Waals surface area contributed by atoms with Crippen LogP contribution < -0.4 is 10.6 Å². The van der Waals surface area contributed by atoms with E-state index in [1.165, 1.54) is 10.6 Å². The number of piperazine rings is 1. The number of unbranched alkanes of at least 4 members (excludes halogenated alkanes) is 1. The van der Waals surface area contributed by atoms with Crippen LogP contribution in [-0.2, 0) is 4.74 Å². The molecule has 1 fully saturated rings. The number of carbonyl (C=O) groups is 1. The van der Waals surface area contributed by atoms with E-state index < -0.39 is 11.5 Å². The number of aryl methyl sites for hydroxylation is 1. The molecule has 1 aliphatic heterocycles. The van der Waals surface area contributed by atoms with Gasteiger partial charge in [0.05, 0.1) is 23.4 Å². The van der Waals surface area contributed by atoms with E-state index in [2.05, 4.69) is 15.0 Å². The average molecular weight is 531 g/mol. The van der Waals surface area contributed by atoms with Gasteiger partial charge >= 0.3 is 11.8 Å². The van der Waals surface area contributed by atoms with E-state index in [4.69, 9.17) is 16.3 Å². The van der Waals surface area contributed by atoms with Crippen LogP contribution in [0.5, 0.6) is 0 Å². The van der Waals surface area contributed by atoms with Crippen LogP contribution in [0.25, 0.3) is 16.7 Å². The maximum atomic E-state index is 14.7. The molecule has 1 amide bonds. The normalized spacial score (nSPS) is 16.1. The molecule has 0 bridgehead atoms. The molecular formula is C26H32ClFN6O3. The number of nitrogens with zero attached hydrogens (tertiary/aromatic N) is 6. The van der Waals surface area contributed by atoms with Crippen LogP contribution in [0.1, 0.15) is 57.7 Å². The summed E-state index contributed by atoms with van der Waals surface area (Å²) < 4.78 is 21.4. The Hall–Kier alpha value is -3.27. The smallest absolute Gasteiger partial charge is 0.409 e. The molecule has 3 aromatic heterocycles. The van der Waals surface area contributed by atoms with Crippen LogP contribution >= 0.6 is 11.6 Å². The van der Waals surface area contributed by atoms with Crippen molar-refractivity contribution in [1.29, 1.82) is 0 Å². The SMILES string of the molecule is CCCCOC(=O)N1CCN(c2nc(=O)n(-c3c(C)ccnc3C(C)C)c3nc(Cl)c(F)cc23)[C@@H](C)C1. The van der Waals surface area contributed by atoms with Gasteiger partial charge in [-0.05, 0) is 43.9 Å². The summed E-state index contributed by atoms with van der Waals surface area (Å²) in [6.07, 6.45) is 3.08. The van der Waals surface area contributed by atoms with Crippen molar-refractivity contribution in [2.45, 2.75) is 59.4 Å². The number of anilines is 1. The Kier molecular flexibility index (Phi) is 7.96. The highest BCUT2D eigenvalue weighted by Crippen LogP contribution is 2.32. The van der Waals surface area contributed by atoms with Crippen molar-refractivity contribution in [3.05, 3.63) is 51.0 Å². The van der Waals surface area contributed by atoms with Crippen molar-refractivity contribution in [3.8, 4) is 5.69 Å². The van der Waals surface area contributed by atoms with E-state index in [-0.39, 0.29) is 28.9 Å². The maximum absolute atomic E-state index is 14.7. The first-order valence-electron chi connectivity index (χ1n) is 12.6. The topological polar surface area (TPSA) is 93.5 Å². The predicted octanol–water partition coefficient (Wildman–Crippen LogP) is 4.85. The standard InChI is InChI=1S/C26H32ClFN6O3/c1-6-7-12-37-26(36)32-10-11-33(17(5)14-32)23-18-13-19(28)22(27)30-24(18)34(25(35)31-23)21-16(4)8-9-29-20(21)15(2)3/h8-9,13,15,17H,6-7,10-12,14H2,1-5H3/t17-/m0/s1. The summed E-state index contributed by atoms with van der Waals surface area (Å²) in [6.45, 7) is 11.3. The van der Waals surface area contributed by atoms with Crippen LogP contribution in [0.4, 0.5) is 15.0 Å². The molecule has 1 atom stereocenters. The van der Waals surface area contributed by atoms with Gasteiger partial charge in [0.15, 0.2) is 16.6 Å². The zero-order valence-corrected chi connectivity index (χ0v) is 22.5. The van der Waals surface area contributed by atoms with Crippen LogP contribution in [0.3, 0.4) is 0 Å². The molecule has 0 N–H and O–H groups in total. The summed E-state index contributed by atoms with van der Waals surface area (Å²) >= 11 is 6.11. The molecule has 198 valence electrons. The minimum atomic E-state index is -0.708. The number of halogens is 2. The van der Waals surface area contributed by atoms with Crippen molar-refractivity contribution < 1.29 is 13.9 Å². The number of pyridine rings is 2. The zero-order chi connectivity index (χ0) is 26.9. The van der Waals surface area contributed by atoms with Crippen LogP contribution in [0.15, 0.2) is 23.1 Å². The summed E-state index contributed by atoms with van der Waals surface area (Å²) in [4.78, 5) is 42.8. The highest BCUT2D eigenvalue weighted by atomic mass is 35.5. The predicted molar refractivity (Wildman–Crippen MR) is 141 cm³/mol. The highest BCUT2D eigenvalue weighted by molar-refractivity contribution is 6.30. The summed E-state index contributed by atoms with van der Waals surface area (Å²) in [5.74, 6) is -0.392. The molecule has 0 aliphatic carbocycles. The van der Waals surface area contributed by atoms with Crippen molar-refractivity contribution in [2.24, 2.45) is 0 Å². The number of amides is 1. The van der Waals surface area contributed by atoms with Crippen molar-refractivity contribution in [2.75, 3.05) is 31.1 Å². The Morgan fingerprint density at radius 3 is 2.73 bits per heavy atom. The van der Waals surface area contributed by atoms with Gasteiger partial charge < -0.3 is 14.5 Å². The molecule has 3 aromatic rings. The second kappa shape index (κ2) is 11.0. The Labute approximate surface area is 220 Å². The molecule has 4 rings (SSSR count). The lowest BCUT2D eigenvalue weighted by Gasteiger charge is -2.40. The second-order valence-corrected chi connectivity index (χ2v) is 10.0. The fraction of sp³-hybridized carbons (Fsp3) is 0.500. The van der Waals surface area contributed by atoms with Crippen LogP contribution in [0.2, 0.25) is 5.15 Å². The quantitative estimate of drug-likeness (QED) is 0.332. The van der Waals surface area contributed by atoms with Gasteiger partial charge in [0.25, 0.3) is 0 Å². The molecule has 0 saturated carbocycles. The minimum absolute atomic E-state index is 0.0117. The fourth-order valence-electron chi connectivity index (χ4n) is 4.62. The molecular weight excluding hydrogens is 499 g/mol. The average Bonchev–Trinajstić information content (AvgIpc) is 2.85. The first kappa shape index (κ1) is 26.8. The summed E-state index contributed by atoms with van der Waals surface area (Å²) in [7, 11) is 0. The monoisotopic (exact) mass is 530 g/mol. The fourth-order valence-corrected chi connectivity index (χ4v) is 4.76. The molecule has 9 nitrogen and oxygen atoms in total. The Balaban J connectivity index is 1.81. The van der Waals surface area contributed by atoms with Gasteiger partial charge in [-0.2, -0.15) is 4.98 Å². The number of hydrogen-bond donors (Lipinski definition) is 0. The lowest BCUT2D eigenvalue weighted by Crippen LogP contribution is -2.54. The van der Waals surface area contributed by atoms with E-state index in [9.17, 15) is 14.0 Å². The molecule has 0 unspecified atom stereocenters. The first-order chi connectivity index (χ1) is 17.6. The third-order valence-electron chi connectivity index (χ3n) is 6.56. The number of ether oxygens (including phenoxy) is 1. The number of aromatic nitrogens is 4. The molecule has 1 saturated heterocycles. The van der Waals surface area contributed by atoms with E-state index in [0.717, 1.165) is 18.4 Å². The maximum Gasteiger partial charge on any atom is 0.409 e. The Bertz CT molecular complexity index is 1380. The molecule has 0 spiro atoms. The molecule has 4 heterocycles. The van der Waals surface area contributed by atoms with Gasteiger partial charge in [-0.25, -0.2) is 23.5 Å². The molecule has 11 heteroatoms. The van der Waals surface area contributed by atoms with Crippen LogP contribution in [-0.4, -0.2) is 62.8 Å². The molecule has 0 aromatic carbocycles. The van der Waals surface area contributed by atoms with Gasteiger partial charge in [-0.3, -0.25) is 4.98 Å². The van der Waals surface area contributed by atoms with Gasteiger partial charge in [0.2, 0.25) is 0 Å². The van der Waals surface area contributed by atoms with Gasteiger partial charge in [-0.15, -0.1) is 0 Å². The lowest BCUT2D eigenvalue weighted by molar-refractivity contribution is 0.0944. The largest absolute Gasteiger partial charge is 0.449 e. The molecule has 1 aliphatic rings. The van der Waals surface area contributed by atoms with Crippen molar-refractivity contribution >= 4 is 34.5 Å². The number of carbonyl (C=O) groups excluding carboxylic acids is 1. The minimum Gasteiger partial charge on any atom is -0.449 e. The van der Waals surface area contributed by atoms with Crippen molar-refractivity contribution in [1.82, 2.24) is 24.4 Å². The third-order valence-corrected chi connectivity index (χ3v) is 6.83. The van der Waals surface area contributed by atoms with E-state index in [1.807, 2.05) is 39.5 Å². The van der Waals surface area contributed by atoms with Gasteiger partial charge in [0, 0.05) is 31.9 Å². The van der Waals surface area contributed by atoms with E-state index in [1.54, 1.807) is 17.2 Å². The molecule has 0 radical (unpaired) electrons. The first-order valence-corrected chi connectivity index (χ1v) is 12.9. The van der Waals surface area contributed by atoms with E-state index in [0.29, 0.717) is 48.8 Å². The Morgan fingerprint density at radius 2 is 2.05 bits per heavy atom. The summed E-state index contributed by atoms with van der Waals surface area (Å²) in [5, 5.41) is 0.0171. The van der Waals surface area contributed by atoms with Crippen molar-refractivity contribution in [3.63, 3.8) is 0 Å². The Morgan fingerprint density at radius 1 is 1.30 bits per heavy atom. The summed E-state index contributed by atoms with van der Waals surface area (Å²) in [6, 6.07) is 2.87. The number of hydrogen-bond acceptors (Lipinski definition) is 7. The molecule has 37 heavy (non-hydrogen) atoms. The summed E-state index contributed by atoms with van der Waals surface area (Å²) in [5.41, 5.74) is 1.71. The number of rotatable bonds is 6. The highest BCUT2D eigenvalue weighted by Gasteiger charge is 2.31. The van der Waals surface area contributed by atoms with Gasteiger partial charge in [0.1, 0.15) is 5.82 Å². The zero-order valence-electron chi connectivity index (χ0n) is 21.8. The second-order valence-electron chi connectivity index (χ2n) is 9.66.